The van der Waals surface area contributed by atoms with E-state index < -0.39 is 21.7 Å². The van der Waals surface area contributed by atoms with Gasteiger partial charge in [-0.05, 0) is 42.5 Å². The van der Waals surface area contributed by atoms with Gasteiger partial charge >= 0.3 is 5.97 Å². The summed E-state index contributed by atoms with van der Waals surface area (Å²) in [6.45, 7) is 0. The molecule has 1 amide bonds. The molecule has 2 aromatic heterocycles. The van der Waals surface area contributed by atoms with E-state index in [1.54, 1.807) is 30.3 Å². The first-order valence-electron chi connectivity index (χ1n) is 9.61. The summed E-state index contributed by atoms with van der Waals surface area (Å²) in [5, 5.41) is 21.3. The van der Waals surface area contributed by atoms with Crippen LogP contribution in [0.2, 0.25) is 0 Å². The van der Waals surface area contributed by atoms with Crippen LogP contribution >= 0.6 is 11.3 Å². The van der Waals surface area contributed by atoms with Gasteiger partial charge in [0, 0.05) is 17.9 Å². The molecule has 0 atom stereocenters. The Hall–Kier alpha value is -4.27. The molecule has 0 bridgehead atoms. The molecule has 0 aliphatic heterocycles. The van der Waals surface area contributed by atoms with Crippen molar-refractivity contribution in [2.24, 2.45) is 0 Å². The Labute approximate surface area is 197 Å². The summed E-state index contributed by atoms with van der Waals surface area (Å²) in [7, 11) is -3.39. The van der Waals surface area contributed by atoms with Crippen molar-refractivity contribution in [1.82, 2.24) is 4.98 Å². The Morgan fingerprint density at radius 2 is 1.97 bits per heavy atom. The van der Waals surface area contributed by atoms with Crippen LogP contribution < -0.4 is 5.32 Å². The number of sulfone groups is 1. The van der Waals surface area contributed by atoms with E-state index in [9.17, 15) is 23.3 Å². The number of rotatable bonds is 6. The van der Waals surface area contributed by atoms with Gasteiger partial charge in [-0.3, -0.25) is 10.1 Å². The molecule has 0 saturated heterocycles. The van der Waals surface area contributed by atoms with Crippen molar-refractivity contribution in [2.75, 3.05) is 11.6 Å². The van der Waals surface area contributed by atoms with Gasteiger partial charge in [-0.25, -0.2) is 18.2 Å². The molecule has 4 rings (SSSR count). The van der Waals surface area contributed by atoms with Gasteiger partial charge in [0.25, 0.3) is 5.91 Å². The normalized spacial score (nSPS) is 11.8. The molecular formula is C23H15N3O6S2. The van der Waals surface area contributed by atoms with Crippen LogP contribution in [0.5, 0.6) is 0 Å². The Balaban J connectivity index is 1.55. The lowest BCUT2D eigenvalue weighted by molar-refractivity contribution is -0.112. The number of nitrogens with zero attached hydrogens (tertiary/aromatic N) is 2. The van der Waals surface area contributed by atoms with E-state index in [-0.39, 0.29) is 26.9 Å². The number of hydrogen-bond acceptors (Lipinski definition) is 8. The topological polar surface area (TPSA) is 150 Å². The number of benzene rings is 2. The predicted octanol–water partition coefficient (Wildman–Crippen LogP) is 4.20. The third kappa shape index (κ3) is 4.88. The van der Waals surface area contributed by atoms with Crippen LogP contribution in [0.25, 0.3) is 27.6 Å². The van der Waals surface area contributed by atoms with Crippen LogP contribution in [-0.4, -0.2) is 36.6 Å². The highest BCUT2D eigenvalue weighted by Crippen LogP contribution is 2.29. The molecule has 9 nitrogen and oxygen atoms in total. The number of nitriles is 1. The molecule has 170 valence electrons. The molecule has 11 heteroatoms. The fourth-order valence-corrected chi connectivity index (χ4v) is 4.66. The van der Waals surface area contributed by atoms with E-state index in [0.717, 1.165) is 17.6 Å². The predicted molar refractivity (Wildman–Crippen MR) is 126 cm³/mol. The molecule has 0 radical (unpaired) electrons. The van der Waals surface area contributed by atoms with Gasteiger partial charge in [0.1, 0.15) is 23.2 Å². The van der Waals surface area contributed by atoms with Gasteiger partial charge in [-0.15, -0.1) is 0 Å². The van der Waals surface area contributed by atoms with Gasteiger partial charge in [-0.2, -0.15) is 5.26 Å². The number of furan rings is 1. The molecule has 0 saturated carbocycles. The van der Waals surface area contributed by atoms with Crippen molar-refractivity contribution >= 4 is 54.5 Å². The second kappa shape index (κ2) is 8.93. The van der Waals surface area contributed by atoms with Gasteiger partial charge in [0.15, 0.2) is 15.0 Å². The lowest BCUT2D eigenvalue weighted by Crippen LogP contribution is -2.13. The maximum absolute atomic E-state index is 12.6. The number of nitrogens with one attached hydrogen (secondary N) is 1. The first-order chi connectivity index (χ1) is 16.1. The van der Waals surface area contributed by atoms with E-state index in [1.165, 1.54) is 30.3 Å². The monoisotopic (exact) mass is 493 g/mol. The molecule has 34 heavy (non-hydrogen) atoms. The fraction of sp³-hybridized carbons (Fsp3) is 0.0435. The highest BCUT2D eigenvalue weighted by Gasteiger charge is 2.16. The summed E-state index contributed by atoms with van der Waals surface area (Å²) in [5.41, 5.74) is 0.902. The molecule has 0 aliphatic rings. The first kappa shape index (κ1) is 22.9. The second-order valence-corrected chi connectivity index (χ2v) is 10.2. The molecule has 0 unspecified atom stereocenters. The number of amides is 1. The smallest absolute Gasteiger partial charge is 0.335 e. The zero-order valence-electron chi connectivity index (χ0n) is 17.5. The second-order valence-electron chi connectivity index (χ2n) is 7.13. The molecule has 2 N–H and O–H groups in total. The third-order valence-corrected chi connectivity index (χ3v) is 6.72. The maximum Gasteiger partial charge on any atom is 0.335 e. The Bertz CT molecular complexity index is 1620. The summed E-state index contributed by atoms with van der Waals surface area (Å²) in [5.74, 6) is -1.18. The summed E-state index contributed by atoms with van der Waals surface area (Å²) in [6.07, 6.45) is 2.36. The number of thiazole rings is 1. The third-order valence-electron chi connectivity index (χ3n) is 4.68. The summed E-state index contributed by atoms with van der Waals surface area (Å²) >= 11 is 1.08. The number of anilines is 1. The minimum absolute atomic E-state index is 0.0996. The van der Waals surface area contributed by atoms with Gasteiger partial charge in [0.05, 0.1) is 20.7 Å². The van der Waals surface area contributed by atoms with Crippen LogP contribution in [0.3, 0.4) is 0 Å². The van der Waals surface area contributed by atoms with Crippen LogP contribution in [0.1, 0.15) is 16.1 Å². The van der Waals surface area contributed by atoms with E-state index in [0.29, 0.717) is 21.5 Å². The molecule has 0 fully saturated rings. The van der Waals surface area contributed by atoms with Crippen LogP contribution in [0.15, 0.2) is 69.5 Å². The first-order valence-corrected chi connectivity index (χ1v) is 12.3. The Morgan fingerprint density at radius 1 is 1.18 bits per heavy atom. The largest absolute Gasteiger partial charge is 0.478 e. The molecular weight excluding hydrogens is 478 g/mol. The molecule has 0 spiro atoms. The van der Waals surface area contributed by atoms with Crippen molar-refractivity contribution in [3.8, 4) is 17.4 Å². The molecule has 4 aromatic rings. The average molecular weight is 494 g/mol. The number of aromatic carboxylic acids is 1. The Kier molecular flexibility index (Phi) is 6.02. The van der Waals surface area contributed by atoms with E-state index >= 15 is 0 Å². The van der Waals surface area contributed by atoms with Gasteiger partial charge < -0.3 is 9.52 Å². The zero-order chi connectivity index (χ0) is 24.5. The molecule has 0 aliphatic carbocycles. The average Bonchev–Trinajstić information content (AvgIpc) is 3.42. The van der Waals surface area contributed by atoms with E-state index in [2.05, 4.69) is 10.3 Å². The van der Waals surface area contributed by atoms with Crippen molar-refractivity contribution in [3.05, 3.63) is 71.5 Å². The van der Waals surface area contributed by atoms with Gasteiger partial charge in [-0.1, -0.05) is 23.5 Å². The number of fused-ring (bicyclic) bond motifs is 1. The minimum Gasteiger partial charge on any atom is -0.478 e. The number of carboxylic acid groups (broad SMARTS) is 1. The summed E-state index contributed by atoms with van der Waals surface area (Å²) in [6, 6.07) is 15.6. The van der Waals surface area contributed by atoms with E-state index in [1.807, 2.05) is 6.07 Å². The highest BCUT2D eigenvalue weighted by atomic mass is 32.2. The van der Waals surface area contributed by atoms with E-state index in [4.69, 9.17) is 9.52 Å². The maximum atomic E-state index is 12.6. The van der Waals surface area contributed by atoms with Crippen LogP contribution in [0.4, 0.5) is 5.13 Å². The fourth-order valence-electron chi connectivity index (χ4n) is 3.04. The van der Waals surface area contributed by atoms with Crippen molar-refractivity contribution in [1.29, 1.82) is 5.26 Å². The van der Waals surface area contributed by atoms with Crippen LogP contribution in [-0.2, 0) is 14.6 Å². The number of carbonyl (C=O) groups is 2. The number of aromatic nitrogens is 1. The lowest BCUT2D eigenvalue weighted by atomic mass is 10.1. The summed E-state index contributed by atoms with van der Waals surface area (Å²) < 4.78 is 29.7. The number of hydrogen-bond donors (Lipinski definition) is 2. The SMILES string of the molecule is CS(=O)(=O)c1ccc2nc(NC(=O)/C(C#N)=C/c3ccc(-c4cccc(C(=O)O)c4)o3)sc2c1. The van der Waals surface area contributed by atoms with Crippen molar-refractivity contribution in [2.45, 2.75) is 4.90 Å². The standard InChI is InChI=1S/C23H15N3O6S2/c1-34(30,31)17-6-7-18-20(11-17)33-23(25-18)26-21(27)15(12-24)10-16-5-8-19(32-16)13-3-2-4-14(9-13)22(28)29/h2-11H,1H3,(H,28,29)(H,25,26,27)/b15-10+. The molecule has 2 heterocycles. The highest BCUT2D eigenvalue weighted by molar-refractivity contribution is 7.90. The summed E-state index contributed by atoms with van der Waals surface area (Å²) in [4.78, 5) is 28.2. The lowest BCUT2D eigenvalue weighted by Gasteiger charge is -2.00. The van der Waals surface area contributed by atoms with Gasteiger partial charge in [0.2, 0.25) is 0 Å². The minimum atomic E-state index is -3.39. The van der Waals surface area contributed by atoms with Crippen LogP contribution in [0, 0.1) is 11.3 Å². The van der Waals surface area contributed by atoms with Crippen molar-refractivity contribution < 1.29 is 27.5 Å². The van der Waals surface area contributed by atoms with Crippen molar-refractivity contribution in [3.63, 3.8) is 0 Å². The number of carboxylic acids is 1. The Morgan fingerprint density at radius 3 is 2.68 bits per heavy atom. The quantitative estimate of drug-likeness (QED) is 0.300. The zero-order valence-corrected chi connectivity index (χ0v) is 19.1. The molecule has 2 aromatic carbocycles. The number of carbonyl (C=O) groups excluding carboxylic acids is 1.